The van der Waals surface area contributed by atoms with Crippen molar-refractivity contribution in [1.82, 2.24) is 4.98 Å². The summed E-state index contributed by atoms with van der Waals surface area (Å²) in [6, 6.07) is 1.84. The van der Waals surface area contributed by atoms with Crippen LogP contribution in [0.2, 0.25) is 0 Å². The predicted octanol–water partition coefficient (Wildman–Crippen LogP) is 0.0218. The van der Waals surface area contributed by atoms with E-state index in [4.69, 9.17) is 12.6 Å². The largest absolute Gasteiger partial charge is 0.380 e. The first-order chi connectivity index (χ1) is 4.83. The van der Waals surface area contributed by atoms with E-state index in [9.17, 15) is 0 Å². The minimum atomic E-state index is 0.567. The van der Waals surface area contributed by atoms with Crippen molar-refractivity contribution in [3.05, 3.63) is 24.0 Å². The van der Waals surface area contributed by atoms with E-state index in [1.807, 2.05) is 6.07 Å². The van der Waals surface area contributed by atoms with Gasteiger partial charge in [0.15, 0.2) is 0 Å². The smallest absolute Gasteiger partial charge is 0.115 e. The molecule has 50 valence electrons. The normalized spacial score (nSPS) is 9.70. The van der Waals surface area contributed by atoms with Crippen LogP contribution in [0.5, 0.6) is 0 Å². The summed E-state index contributed by atoms with van der Waals surface area (Å²) in [5, 5.41) is 0. The summed E-state index contributed by atoms with van der Waals surface area (Å²) in [4.78, 5) is 3.90. The van der Waals surface area contributed by atoms with Gasteiger partial charge in [0.2, 0.25) is 0 Å². The lowest BCUT2D eigenvalue weighted by atomic mass is 9.97. The summed E-state index contributed by atoms with van der Waals surface area (Å²) in [6.45, 7) is 0.567. The van der Waals surface area contributed by atoms with E-state index in [1.54, 1.807) is 19.5 Å². The lowest BCUT2D eigenvalue weighted by Crippen LogP contribution is -2.04. The van der Waals surface area contributed by atoms with E-state index < -0.39 is 0 Å². The summed E-state index contributed by atoms with van der Waals surface area (Å²) in [7, 11) is 7.11. The van der Waals surface area contributed by atoms with Gasteiger partial charge < -0.3 is 4.74 Å². The summed E-state index contributed by atoms with van der Waals surface area (Å²) in [5.74, 6) is 0. The molecule has 2 radical (unpaired) electrons. The monoisotopic (exact) mass is 133 g/mol. The zero-order valence-electron chi connectivity index (χ0n) is 5.87. The number of hydrogen-bond acceptors (Lipinski definition) is 2. The molecule has 1 heterocycles. The van der Waals surface area contributed by atoms with E-state index in [0.29, 0.717) is 12.1 Å². The van der Waals surface area contributed by atoms with E-state index in [0.717, 1.165) is 5.56 Å². The first kappa shape index (κ1) is 7.28. The van der Waals surface area contributed by atoms with Crippen LogP contribution in [0, 0.1) is 0 Å². The highest BCUT2D eigenvalue weighted by molar-refractivity contribution is 6.32. The molecule has 3 heteroatoms. The summed E-state index contributed by atoms with van der Waals surface area (Å²) >= 11 is 0. The van der Waals surface area contributed by atoms with Crippen molar-refractivity contribution in [2.45, 2.75) is 6.61 Å². The Kier molecular flexibility index (Phi) is 2.45. The molecule has 0 bridgehead atoms. The molecule has 0 amide bonds. The Balaban J connectivity index is 2.75. The van der Waals surface area contributed by atoms with Crippen LogP contribution < -0.4 is 5.46 Å². The van der Waals surface area contributed by atoms with Crippen molar-refractivity contribution in [1.29, 1.82) is 0 Å². The molecule has 10 heavy (non-hydrogen) atoms. The predicted molar refractivity (Wildman–Crippen MR) is 40.3 cm³/mol. The molecule has 0 aliphatic heterocycles. The van der Waals surface area contributed by atoms with E-state index in [-0.39, 0.29) is 0 Å². The van der Waals surface area contributed by atoms with Crippen molar-refractivity contribution < 1.29 is 4.74 Å². The van der Waals surface area contributed by atoms with E-state index in [2.05, 4.69) is 4.98 Å². The fourth-order valence-electron chi connectivity index (χ4n) is 0.753. The maximum Gasteiger partial charge on any atom is 0.115 e. The maximum absolute atomic E-state index is 5.47. The number of nitrogens with zero attached hydrogens (tertiary/aromatic N) is 1. The molecule has 0 saturated carbocycles. The van der Waals surface area contributed by atoms with Crippen LogP contribution in [0.4, 0.5) is 0 Å². The van der Waals surface area contributed by atoms with Gasteiger partial charge in [0.25, 0.3) is 0 Å². The summed E-state index contributed by atoms with van der Waals surface area (Å²) < 4.78 is 4.89. The molecule has 0 atom stereocenters. The van der Waals surface area contributed by atoms with Gasteiger partial charge in [-0.25, -0.2) is 0 Å². The molecule has 0 aromatic carbocycles. The van der Waals surface area contributed by atoms with Crippen LogP contribution in [0.3, 0.4) is 0 Å². The minimum Gasteiger partial charge on any atom is -0.380 e. The zero-order valence-corrected chi connectivity index (χ0v) is 5.87. The second-order valence-electron chi connectivity index (χ2n) is 2.06. The van der Waals surface area contributed by atoms with Crippen molar-refractivity contribution in [3.8, 4) is 0 Å². The van der Waals surface area contributed by atoms with Crippen molar-refractivity contribution in [2.75, 3.05) is 7.11 Å². The SMILES string of the molecule is [B]c1cncc(COC)c1. The second kappa shape index (κ2) is 3.37. The lowest BCUT2D eigenvalue weighted by Gasteiger charge is -1.98. The molecule has 2 nitrogen and oxygen atoms in total. The number of pyridine rings is 1. The quantitative estimate of drug-likeness (QED) is 0.530. The van der Waals surface area contributed by atoms with E-state index >= 15 is 0 Å². The van der Waals surface area contributed by atoms with Gasteiger partial charge in [-0.1, -0.05) is 11.5 Å². The third-order valence-electron chi connectivity index (χ3n) is 1.13. The third kappa shape index (κ3) is 1.85. The highest BCUT2D eigenvalue weighted by Gasteiger charge is 1.90. The Bertz CT molecular complexity index is 215. The fourth-order valence-corrected chi connectivity index (χ4v) is 0.753. The van der Waals surface area contributed by atoms with Crippen molar-refractivity contribution in [3.63, 3.8) is 0 Å². The Morgan fingerprint density at radius 3 is 3.00 bits per heavy atom. The minimum absolute atomic E-state index is 0.567. The molecule has 1 rings (SSSR count). The Morgan fingerprint density at radius 2 is 2.40 bits per heavy atom. The van der Waals surface area contributed by atoms with Crippen molar-refractivity contribution >= 4 is 13.3 Å². The van der Waals surface area contributed by atoms with Crippen LogP contribution >= 0.6 is 0 Å². The van der Waals surface area contributed by atoms with Gasteiger partial charge in [0.1, 0.15) is 7.85 Å². The van der Waals surface area contributed by atoms with Crippen LogP contribution in [0.15, 0.2) is 18.5 Å². The molecular formula is C7H8BNO. The molecule has 0 spiro atoms. The van der Waals surface area contributed by atoms with E-state index in [1.165, 1.54) is 0 Å². The molecular weight excluding hydrogens is 125 g/mol. The third-order valence-corrected chi connectivity index (χ3v) is 1.13. The van der Waals surface area contributed by atoms with Gasteiger partial charge in [-0.2, -0.15) is 0 Å². The number of ether oxygens (including phenoxy) is 1. The molecule has 0 aliphatic carbocycles. The van der Waals surface area contributed by atoms with Crippen LogP contribution in [0.25, 0.3) is 0 Å². The number of methoxy groups -OCH3 is 1. The summed E-state index contributed by atoms with van der Waals surface area (Å²) in [5.41, 5.74) is 1.68. The number of aromatic nitrogens is 1. The zero-order chi connectivity index (χ0) is 7.40. The molecule has 1 aromatic heterocycles. The van der Waals surface area contributed by atoms with Crippen molar-refractivity contribution in [2.24, 2.45) is 0 Å². The van der Waals surface area contributed by atoms with Gasteiger partial charge in [-0.05, 0) is 5.56 Å². The molecule has 0 aliphatic rings. The Morgan fingerprint density at radius 1 is 1.60 bits per heavy atom. The average Bonchev–Trinajstić information content (AvgIpc) is 1.88. The number of rotatable bonds is 2. The maximum atomic E-state index is 5.47. The van der Waals surface area contributed by atoms with Gasteiger partial charge in [0.05, 0.1) is 6.61 Å². The number of hydrogen-bond donors (Lipinski definition) is 0. The average molecular weight is 133 g/mol. The highest BCUT2D eigenvalue weighted by Crippen LogP contribution is 1.93. The van der Waals surface area contributed by atoms with Gasteiger partial charge >= 0.3 is 0 Å². The second-order valence-corrected chi connectivity index (χ2v) is 2.06. The Hall–Kier alpha value is -0.825. The molecule has 0 saturated heterocycles. The summed E-state index contributed by atoms with van der Waals surface area (Å²) in [6.07, 6.45) is 3.35. The lowest BCUT2D eigenvalue weighted by molar-refractivity contribution is 0.184. The first-order valence-electron chi connectivity index (χ1n) is 3.01. The van der Waals surface area contributed by atoms with Crippen LogP contribution in [0.1, 0.15) is 5.56 Å². The molecule has 0 unspecified atom stereocenters. The van der Waals surface area contributed by atoms with Crippen LogP contribution in [-0.2, 0) is 11.3 Å². The van der Waals surface area contributed by atoms with Gasteiger partial charge in [-0.3, -0.25) is 4.98 Å². The molecule has 0 fully saturated rings. The molecule has 0 N–H and O–H groups in total. The van der Waals surface area contributed by atoms with Gasteiger partial charge in [-0.15, -0.1) is 0 Å². The Labute approximate surface area is 61.6 Å². The fraction of sp³-hybridized carbons (Fsp3) is 0.286. The standard InChI is InChI=1S/C7H8BNO/c1-10-5-6-2-7(8)4-9-3-6/h2-4H,5H2,1H3. The topological polar surface area (TPSA) is 22.1 Å². The highest BCUT2D eigenvalue weighted by atomic mass is 16.5. The van der Waals surface area contributed by atoms with Crippen LogP contribution in [-0.4, -0.2) is 19.9 Å². The molecule has 1 aromatic rings. The first-order valence-corrected chi connectivity index (χ1v) is 3.01. The van der Waals surface area contributed by atoms with Gasteiger partial charge in [0, 0.05) is 19.5 Å².